The Hall–Kier alpha value is -1.56. The smallest absolute Gasteiger partial charge is 0.139 e. The second-order valence-electron chi connectivity index (χ2n) is 4.83. The van der Waals surface area contributed by atoms with E-state index in [0.717, 1.165) is 31.8 Å². The van der Waals surface area contributed by atoms with E-state index < -0.39 is 0 Å². The average molecular weight is 237 g/mol. The van der Waals surface area contributed by atoms with Gasteiger partial charge in [-0.25, -0.2) is 4.98 Å². The molecule has 0 radical (unpaired) electrons. The van der Waals surface area contributed by atoms with Crippen molar-refractivity contribution in [2.75, 3.05) is 6.54 Å². The largest absolute Gasteiger partial charge is 0.409 e. The van der Waals surface area contributed by atoms with Crippen LogP contribution in [0.4, 0.5) is 0 Å². The van der Waals surface area contributed by atoms with Crippen LogP contribution in [0, 0.1) is 5.41 Å². The number of nitrogens with two attached hydrogens (primary N) is 1. The number of oxime groups is 1. The van der Waals surface area contributed by atoms with Gasteiger partial charge < -0.3 is 20.8 Å². The van der Waals surface area contributed by atoms with Gasteiger partial charge in [0.15, 0.2) is 0 Å². The number of rotatable bonds is 6. The van der Waals surface area contributed by atoms with E-state index in [4.69, 9.17) is 10.9 Å². The molecule has 0 amide bonds. The molecule has 0 bridgehead atoms. The highest BCUT2D eigenvalue weighted by Gasteiger charge is 2.42. The highest BCUT2D eigenvalue weighted by Crippen LogP contribution is 2.48. The fourth-order valence-corrected chi connectivity index (χ4v) is 2.02. The molecule has 0 aromatic carbocycles. The zero-order valence-corrected chi connectivity index (χ0v) is 10.1. The van der Waals surface area contributed by atoms with Gasteiger partial charge in [0.25, 0.3) is 0 Å². The first-order chi connectivity index (χ1) is 8.15. The summed E-state index contributed by atoms with van der Waals surface area (Å²) >= 11 is 0. The summed E-state index contributed by atoms with van der Waals surface area (Å²) in [4.78, 5) is 4.24. The lowest BCUT2D eigenvalue weighted by molar-refractivity contribution is 0.314. The number of nitrogens with zero attached hydrogens (tertiary/aromatic N) is 3. The van der Waals surface area contributed by atoms with Crippen molar-refractivity contribution in [2.45, 2.75) is 25.8 Å². The van der Waals surface area contributed by atoms with Crippen LogP contribution < -0.4 is 11.1 Å². The van der Waals surface area contributed by atoms with Gasteiger partial charge in [-0.2, -0.15) is 0 Å². The predicted molar refractivity (Wildman–Crippen MR) is 64.6 cm³/mol. The fourth-order valence-electron chi connectivity index (χ4n) is 2.02. The molecule has 1 heterocycles. The molecule has 0 unspecified atom stereocenters. The van der Waals surface area contributed by atoms with Crippen molar-refractivity contribution in [2.24, 2.45) is 23.4 Å². The van der Waals surface area contributed by atoms with Gasteiger partial charge in [0.2, 0.25) is 0 Å². The van der Waals surface area contributed by atoms with E-state index in [9.17, 15) is 0 Å². The van der Waals surface area contributed by atoms with Gasteiger partial charge in [-0.3, -0.25) is 0 Å². The molecule has 94 valence electrons. The number of hydrogen-bond donors (Lipinski definition) is 3. The Balaban J connectivity index is 1.77. The number of hydrogen-bond acceptors (Lipinski definition) is 4. The quantitative estimate of drug-likeness (QED) is 0.290. The SMILES string of the molecule is Cn1ccnc1CNCC1(CC(N)=NO)CC1. The summed E-state index contributed by atoms with van der Waals surface area (Å²) in [6.07, 6.45) is 6.66. The summed E-state index contributed by atoms with van der Waals surface area (Å²) < 4.78 is 2.00. The highest BCUT2D eigenvalue weighted by atomic mass is 16.4. The van der Waals surface area contributed by atoms with E-state index in [1.807, 2.05) is 17.8 Å². The second-order valence-corrected chi connectivity index (χ2v) is 4.83. The van der Waals surface area contributed by atoms with Gasteiger partial charge in [0.1, 0.15) is 11.7 Å². The Kier molecular flexibility index (Phi) is 3.33. The molecule has 1 saturated carbocycles. The minimum atomic E-state index is 0.196. The molecule has 0 atom stereocenters. The Morgan fingerprint density at radius 1 is 1.71 bits per heavy atom. The number of nitrogens with one attached hydrogen (secondary N) is 1. The van der Waals surface area contributed by atoms with Crippen molar-refractivity contribution in [1.29, 1.82) is 0 Å². The zero-order valence-electron chi connectivity index (χ0n) is 10.1. The molecule has 6 heteroatoms. The first kappa shape index (κ1) is 11.9. The van der Waals surface area contributed by atoms with Crippen LogP contribution in [0.5, 0.6) is 0 Å². The molecule has 1 aromatic heterocycles. The van der Waals surface area contributed by atoms with E-state index >= 15 is 0 Å². The van der Waals surface area contributed by atoms with Gasteiger partial charge in [-0.1, -0.05) is 5.16 Å². The maximum Gasteiger partial charge on any atom is 0.139 e. The maximum atomic E-state index is 8.57. The van der Waals surface area contributed by atoms with Crippen molar-refractivity contribution >= 4 is 5.84 Å². The van der Waals surface area contributed by atoms with Crippen LogP contribution in [0.25, 0.3) is 0 Å². The van der Waals surface area contributed by atoms with Crippen molar-refractivity contribution in [3.8, 4) is 0 Å². The summed E-state index contributed by atoms with van der Waals surface area (Å²) in [6, 6.07) is 0. The van der Waals surface area contributed by atoms with Crippen molar-refractivity contribution in [3.05, 3.63) is 18.2 Å². The molecule has 1 fully saturated rings. The van der Waals surface area contributed by atoms with Crippen LogP contribution in [0.3, 0.4) is 0 Å². The van der Waals surface area contributed by atoms with Crippen molar-refractivity contribution < 1.29 is 5.21 Å². The molecular formula is C11H19N5O. The number of aryl methyl sites for hydroxylation is 1. The highest BCUT2D eigenvalue weighted by molar-refractivity contribution is 5.80. The third-order valence-corrected chi connectivity index (χ3v) is 3.35. The van der Waals surface area contributed by atoms with Gasteiger partial charge in [0, 0.05) is 32.4 Å². The zero-order chi connectivity index (χ0) is 12.3. The number of imidazole rings is 1. The third-order valence-electron chi connectivity index (χ3n) is 3.35. The molecule has 0 saturated heterocycles. The Labute approximate surface area is 101 Å². The molecule has 17 heavy (non-hydrogen) atoms. The Morgan fingerprint density at radius 2 is 2.47 bits per heavy atom. The predicted octanol–water partition coefficient (Wildman–Crippen LogP) is 0.426. The van der Waals surface area contributed by atoms with Gasteiger partial charge in [0.05, 0.1) is 6.54 Å². The first-order valence-electron chi connectivity index (χ1n) is 5.78. The topological polar surface area (TPSA) is 88.5 Å². The molecule has 4 N–H and O–H groups in total. The summed E-state index contributed by atoms with van der Waals surface area (Å²) in [5, 5.41) is 15.0. The lowest BCUT2D eigenvalue weighted by atomic mass is 10.0. The van der Waals surface area contributed by atoms with Crippen molar-refractivity contribution in [1.82, 2.24) is 14.9 Å². The molecule has 1 aliphatic carbocycles. The first-order valence-corrected chi connectivity index (χ1v) is 5.78. The van der Waals surface area contributed by atoms with E-state index in [2.05, 4.69) is 15.5 Å². The second kappa shape index (κ2) is 4.75. The standard InChI is InChI=1S/C11H19N5O/c1-16-5-4-14-10(16)7-13-8-11(2-3-11)6-9(12)15-17/h4-5,13,17H,2-3,6-8H2,1H3,(H2,12,15). The summed E-state index contributed by atoms with van der Waals surface area (Å²) in [5.74, 6) is 1.34. The Morgan fingerprint density at radius 3 is 3.00 bits per heavy atom. The minimum Gasteiger partial charge on any atom is -0.409 e. The van der Waals surface area contributed by atoms with Gasteiger partial charge in [-0.05, 0) is 18.3 Å². The van der Waals surface area contributed by atoms with E-state index in [0.29, 0.717) is 12.3 Å². The molecule has 2 rings (SSSR count). The lowest BCUT2D eigenvalue weighted by Crippen LogP contribution is -2.28. The van der Waals surface area contributed by atoms with Crippen LogP contribution in [-0.4, -0.2) is 27.1 Å². The van der Waals surface area contributed by atoms with Crippen LogP contribution in [-0.2, 0) is 13.6 Å². The lowest BCUT2D eigenvalue weighted by Gasteiger charge is -2.14. The normalized spacial score (nSPS) is 18.3. The van der Waals surface area contributed by atoms with Gasteiger partial charge in [-0.15, -0.1) is 0 Å². The molecule has 0 spiro atoms. The fraction of sp³-hybridized carbons (Fsp3) is 0.636. The minimum absolute atomic E-state index is 0.196. The molecule has 1 aromatic rings. The van der Waals surface area contributed by atoms with Crippen LogP contribution in [0.15, 0.2) is 17.5 Å². The maximum absolute atomic E-state index is 8.57. The van der Waals surface area contributed by atoms with Gasteiger partial charge >= 0.3 is 0 Å². The van der Waals surface area contributed by atoms with E-state index in [-0.39, 0.29) is 5.41 Å². The van der Waals surface area contributed by atoms with E-state index in [1.165, 1.54) is 0 Å². The molecule has 0 aliphatic heterocycles. The molecule has 6 nitrogen and oxygen atoms in total. The number of amidine groups is 1. The number of aromatic nitrogens is 2. The summed E-state index contributed by atoms with van der Waals surface area (Å²) in [6.45, 7) is 1.64. The molecule has 1 aliphatic rings. The summed E-state index contributed by atoms with van der Waals surface area (Å²) in [5.41, 5.74) is 5.74. The average Bonchev–Trinajstić information content (AvgIpc) is 2.95. The van der Waals surface area contributed by atoms with Crippen LogP contribution in [0.1, 0.15) is 25.1 Å². The van der Waals surface area contributed by atoms with Crippen LogP contribution >= 0.6 is 0 Å². The molecular weight excluding hydrogens is 218 g/mol. The monoisotopic (exact) mass is 237 g/mol. The van der Waals surface area contributed by atoms with Crippen molar-refractivity contribution in [3.63, 3.8) is 0 Å². The van der Waals surface area contributed by atoms with Crippen LogP contribution in [0.2, 0.25) is 0 Å². The summed E-state index contributed by atoms with van der Waals surface area (Å²) in [7, 11) is 1.98. The van der Waals surface area contributed by atoms with E-state index in [1.54, 1.807) is 6.20 Å². The third kappa shape index (κ3) is 2.97. The Bertz CT molecular complexity index is 408.